The van der Waals surface area contributed by atoms with E-state index in [2.05, 4.69) is 4.90 Å². The summed E-state index contributed by atoms with van der Waals surface area (Å²) in [5.74, 6) is 0. The molecule has 1 aliphatic rings. The molecule has 5 heteroatoms. The van der Waals surface area contributed by atoms with Crippen LogP contribution in [0, 0.1) is 0 Å². The van der Waals surface area contributed by atoms with E-state index in [1.165, 1.54) is 6.07 Å². The highest BCUT2D eigenvalue weighted by Gasteiger charge is 2.24. The lowest BCUT2D eigenvalue weighted by Crippen LogP contribution is -2.32. The number of likely N-dealkylation sites (tertiary alicyclic amines) is 1. The fourth-order valence-corrected chi connectivity index (χ4v) is 2.52. The Morgan fingerprint density at radius 3 is 2.89 bits per heavy atom. The summed E-state index contributed by atoms with van der Waals surface area (Å²) in [5.41, 5.74) is 5.74. The van der Waals surface area contributed by atoms with Gasteiger partial charge in [0.25, 0.3) is 5.56 Å². The highest BCUT2D eigenvalue weighted by atomic mass is 16.3. The summed E-state index contributed by atoms with van der Waals surface area (Å²) in [5, 5.41) is 10.0. The predicted molar refractivity (Wildman–Crippen MR) is 76.0 cm³/mol. The van der Waals surface area contributed by atoms with E-state index in [0.29, 0.717) is 12.2 Å². The minimum Gasteiger partial charge on any atom is -0.398 e. The highest BCUT2D eigenvalue weighted by Crippen LogP contribution is 2.21. The molecule has 2 rings (SSSR count). The smallest absolute Gasteiger partial charge is 0.250 e. The second kappa shape index (κ2) is 5.75. The van der Waals surface area contributed by atoms with Crippen LogP contribution in [0.1, 0.15) is 26.2 Å². The van der Waals surface area contributed by atoms with Crippen LogP contribution in [0.3, 0.4) is 0 Å². The number of aromatic nitrogens is 1. The zero-order valence-corrected chi connectivity index (χ0v) is 11.5. The van der Waals surface area contributed by atoms with Gasteiger partial charge in [0.1, 0.15) is 0 Å². The van der Waals surface area contributed by atoms with Crippen LogP contribution in [-0.2, 0) is 6.54 Å². The van der Waals surface area contributed by atoms with Crippen molar-refractivity contribution in [3.05, 3.63) is 28.7 Å². The van der Waals surface area contributed by atoms with E-state index >= 15 is 0 Å². The van der Waals surface area contributed by atoms with Crippen molar-refractivity contribution in [3.63, 3.8) is 0 Å². The molecule has 0 spiro atoms. The van der Waals surface area contributed by atoms with E-state index in [-0.39, 0.29) is 5.56 Å². The number of aliphatic hydroxyl groups is 1. The number of nitrogens with two attached hydrogens (primary N) is 1. The zero-order chi connectivity index (χ0) is 13.9. The molecule has 1 atom stereocenters. The Kier molecular flexibility index (Phi) is 4.27. The third-order valence-electron chi connectivity index (χ3n) is 3.82. The van der Waals surface area contributed by atoms with Crippen LogP contribution in [0.25, 0.3) is 0 Å². The SMILES string of the molecule is CC1(O)CCCN(CCn2cc(N)ccc2=O)CC1. The Hall–Kier alpha value is -1.33. The number of hydrogen-bond acceptors (Lipinski definition) is 4. The van der Waals surface area contributed by atoms with Gasteiger partial charge < -0.3 is 20.3 Å². The van der Waals surface area contributed by atoms with E-state index in [1.54, 1.807) is 16.8 Å². The first-order valence-electron chi connectivity index (χ1n) is 6.87. The van der Waals surface area contributed by atoms with Crippen LogP contribution in [0.5, 0.6) is 0 Å². The summed E-state index contributed by atoms with van der Waals surface area (Å²) in [6.07, 6.45) is 4.33. The molecule has 5 nitrogen and oxygen atoms in total. The van der Waals surface area contributed by atoms with E-state index in [4.69, 9.17) is 5.73 Å². The monoisotopic (exact) mass is 265 g/mol. The van der Waals surface area contributed by atoms with Crippen LogP contribution in [-0.4, -0.2) is 39.8 Å². The molecule has 0 aromatic carbocycles. The van der Waals surface area contributed by atoms with E-state index in [0.717, 1.165) is 38.9 Å². The average molecular weight is 265 g/mol. The van der Waals surface area contributed by atoms with Gasteiger partial charge in [-0.05, 0) is 38.8 Å². The molecule has 3 N–H and O–H groups in total. The van der Waals surface area contributed by atoms with Crippen molar-refractivity contribution in [1.82, 2.24) is 9.47 Å². The Labute approximate surface area is 113 Å². The lowest BCUT2D eigenvalue weighted by molar-refractivity contribution is 0.0445. The van der Waals surface area contributed by atoms with Crippen LogP contribution in [0.2, 0.25) is 0 Å². The lowest BCUT2D eigenvalue weighted by Gasteiger charge is -2.22. The van der Waals surface area contributed by atoms with Crippen molar-refractivity contribution < 1.29 is 5.11 Å². The number of pyridine rings is 1. The second-order valence-corrected chi connectivity index (χ2v) is 5.69. The largest absolute Gasteiger partial charge is 0.398 e. The molecule has 2 heterocycles. The molecular weight excluding hydrogens is 242 g/mol. The summed E-state index contributed by atoms with van der Waals surface area (Å²) in [7, 11) is 0. The van der Waals surface area contributed by atoms with Gasteiger partial charge in [0.2, 0.25) is 0 Å². The third-order valence-corrected chi connectivity index (χ3v) is 3.82. The molecule has 1 unspecified atom stereocenters. The van der Waals surface area contributed by atoms with Crippen molar-refractivity contribution in [2.45, 2.75) is 38.3 Å². The van der Waals surface area contributed by atoms with Crippen LogP contribution in [0.15, 0.2) is 23.1 Å². The van der Waals surface area contributed by atoms with Crippen molar-refractivity contribution in [2.24, 2.45) is 0 Å². The summed E-state index contributed by atoms with van der Waals surface area (Å²) in [6.45, 7) is 5.22. The molecule has 1 aromatic rings. The normalized spacial score (nSPS) is 25.2. The van der Waals surface area contributed by atoms with E-state index in [1.807, 2.05) is 6.92 Å². The van der Waals surface area contributed by atoms with E-state index in [9.17, 15) is 9.90 Å². The quantitative estimate of drug-likeness (QED) is 0.842. The van der Waals surface area contributed by atoms with Gasteiger partial charge in [-0.25, -0.2) is 0 Å². The number of hydrogen-bond donors (Lipinski definition) is 2. The summed E-state index contributed by atoms with van der Waals surface area (Å²) >= 11 is 0. The fraction of sp³-hybridized carbons (Fsp3) is 0.643. The number of rotatable bonds is 3. The van der Waals surface area contributed by atoms with Gasteiger partial charge in [0.15, 0.2) is 0 Å². The Balaban J connectivity index is 1.92. The Morgan fingerprint density at radius 2 is 2.11 bits per heavy atom. The second-order valence-electron chi connectivity index (χ2n) is 5.69. The van der Waals surface area contributed by atoms with Crippen LogP contribution in [0.4, 0.5) is 5.69 Å². The fourth-order valence-electron chi connectivity index (χ4n) is 2.52. The minimum atomic E-state index is -0.539. The molecule has 1 aliphatic heterocycles. The molecule has 0 amide bonds. The number of anilines is 1. The minimum absolute atomic E-state index is 0.0176. The molecule has 19 heavy (non-hydrogen) atoms. The first-order valence-corrected chi connectivity index (χ1v) is 6.87. The van der Waals surface area contributed by atoms with Gasteiger partial charge >= 0.3 is 0 Å². The zero-order valence-electron chi connectivity index (χ0n) is 11.5. The van der Waals surface area contributed by atoms with Crippen molar-refractivity contribution in [3.8, 4) is 0 Å². The van der Waals surface area contributed by atoms with Crippen LogP contribution < -0.4 is 11.3 Å². The van der Waals surface area contributed by atoms with Gasteiger partial charge in [-0.3, -0.25) is 4.79 Å². The number of nitrogens with zero attached hydrogens (tertiary/aromatic N) is 2. The van der Waals surface area contributed by atoms with Crippen molar-refractivity contribution in [1.29, 1.82) is 0 Å². The van der Waals surface area contributed by atoms with Gasteiger partial charge in [0, 0.05) is 37.6 Å². The maximum Gasteiger partial charge on any atom is 0.250 e. The molecule has 0 radical (unpaired) electrons. The summed E-state index contributed by atoms with van der Waals surface area (Å²) in [4.78, 5) is 14.0. The Morgan fingerprint density at radius 1 is 1.32 bits per heavy atom. The van der Waals surface area contributed by atoms with Gasteiger partial charge in [-0.1, -0.05) is 0 Å². The molecule has 1 fully saturated rings. The van der Waals surface area contributed by atoms with Crippen LogP contribution >= 0.6 is 0 Å². The third kappa shape index (κ3) is 4.08. The summed E-state index contributed by atoms with van der Waals surface area (Å²) < 4.78 is 1.65. The van der Waals surface area contributed by atoms with E-state index < -0.39 is 5.60 Å². The highest BCUT2D eigenvalue weighted by molar-refractivity contribution is 5.33. The molecule has 1 aromatic heterocycles. The molecule has 0 saturated carbocycles. The average Bonchev–Trinajstić information content (AvgIpc) is 2.52. The molecule has 0 aliphatic carbocycles. The Bertz CT molecular complexity index is 482. The van der Waals surface area contributed by atoms with Crippen molar-refractivity contribution in [2.75, 3.05) is 25.4 Å². The van der Waals surface area contributed by atoms with Crippen molar-refractivity contribution >= 4 is 5.69 Å². The molecule has 0 bridgehead atoms. The maximum atomic E-state index is 11.7. The predicted octanol–water partition coefficient (Wildman–Crippen LogP) is 0.667. The van der Waals surface area contributed by atoms with Gasteiger partial charge in [0.05, 0.1) is 5.60 Å². The topological polar surface area (TPSA) is 71.5 Å². The molecule has 1 saturated heterocycles. The maximum absolute atomic E-state index is 11.7. The standard InChI is InChI=1S/C14H23N3O2/c1-14(19)5-2-7-16(8-6-14)9-10-17-11-12(15)3-4-13(17)18/h3-4,11,19H,2,5-10,15H2,1H3. The number of nitrogen functional groups attached to an aromatic ring is 1. The lowest BCUT2D eigenvalue weighted by atomic mass is 9.98. The first-order chi connectivity index (χ1) is 8.96. The van der Waals surface area contributed by atoms with Gasteiger partial charge in [-0.2, -0.15) is 0 Å². The molecule has 106 valence electrons. The first kappa shape index (κ1) is 14.1. The summed E-state index contributed by atoms with van der Waals surface area (Å²) in [6, 6.07) is 3.13. The molecular formula is C14H23N3O2. The van der Waals surface area contributed by atoms with Gasteiger partial charge in [-0.15, -0.1) is 0 Å².